The quantitative estimate of drug-likeness (QED) is 0.713. The molecule has 1 heterocycles. The summed E-state index contributed by atoms with van der Waals surface area (Å²) in [5.41, 5.74) is 1.11. The lowest BCUT2D eigenvalue weighted by atomic mass is 10.3. The van der Waals surface area contributed by atoms with Gasteiger partial charge in [-0.05, 0) is 24.3 Å². The van der Waals surface area contributed by atoms with Crippen molar-refractivity contribution in [2.75, 3.05) is 5.32 Å². The SMILES string of the molecule is O=C(Nc1ccccc1SC(F)F)c1cnn(-c2ccccc2)n1. The number of alkyl halides is 2. The Morgan fingerprint density at radius 2 is 1.79 bits per heavy atom. The second-order valence-corrected chi connectivity index (χ2v) is 5.72. The highest BCUT2D eigenvalue weighted by molar-refractivity contribution is 7.99. The van der Waals surface area contributed by atoms with Crippen molar-refractivity contribution < 1.29 is 13.6 Å². The maximum absolute atomic E-state index is 12.6. The molecule has 0 aliphatic rings. The highest BCUT2D eigenvalue weighted by atomic mass is 32.2. The van der Waals surface area contributed by atoms with Gasteiger partial charge in [-0.1, -0.05) is 42.1 Å². The molecule has 0 saturated heterocycles. The first-order chi connectivity index (χ1) is 11.6. The fraction of sp³-hybridized carbons (Fsp3) is 0.0625. The fourth-order valence-electron chi connectivity index (χ4n) is 2.01. The molecule has 0 bridgehead atoms. The van der Waals surface area contributed by atoms with E-state index < -0.39 is 11.7 Å². The summed E-state index contributed by atoms with van der Waals surface area (Å²) >= 11 is 0.375. The number of nitrogens with zero attached hydrogens (tertiary/aromatic N) is 3. The molecule has 0 atom stereocenters. The van der Waals surface area contributed by atoms with Crippen LogP contribution >= 0.6 is 11.8 Å². The zero-order valence-electron chi connectivity index (χ0n) is 12.3. The largest absolute Gasteiger partial charge is 0.319 e. The van der Waals surface area contributed by atoms with Crippen LogP contribution < -0.4 is 5.32 Å². The van der Waals surface area contributed by atoms with E-state index in [1.807, 2.05) is 18.2 Å². The molecule has 8 heteroatoms. The summed E-state index contributed by atoms with van der Waals surface area (Å²) in [5, 5.41) is 10.7. The van der Waals surface area contributed by atoms with Crippen molar-refractivity contribution in [1.29, 1.82) is 0 Å². The normalized spacial score (nSPS) is 10.8. The van der Waals surface area contributed by atoms with Crippen molar-refractivity contribution in [3.8, 4) is 5.69 Å². The van der Waals surface area contributed by atoms with Crippen LogP contribution in [0.3, 0.4) is 0 Å². The maximum Gasteiger partial charge on any atom is 0.288 e. The molecule has 0 aliphatic heterocycles. The molecule has 24 heavy (non-hydrogen) atoms. The highest BCUT2D eigenvalue weighted by Gasteiger charge is 2.15. The van der Waals surface area contributed by atoms with Gasteiger partial charge in [0.2, 0.25) is 0 Å². The number of amides is 1. The molecule has 0 aliphatic carbocycles. The molecule has 3 rings (SSSR count). The molecule has 0 unspecified atom stereocenters. The molecule has 1 amide bonds. The molecule has 122 valence electrons. The molecule has 0 radical (unpaired) electrons. The third-order valence-corrected chi connectivity index (χ3v) is 3.85. The van der Waals surface area contributed by atoms with Crippen LogP contribution in [0.15, 0.2) is 65.7 Å². The van der Waals surface area contributed by atoms with Gasteiger partial charge in [-0.25, -0.2) is 0 Å². The van der Waals surface area contributed by atoms with Gasteiger partial charge in [0.15, 0.2) is 5.69 Å². The molecular formula is C16H12F2N4OS. The fourth-order valence-corrected chi connectivity index (χ4v) is 2.60. The number of thioether (sulfide) groups is 1. The van der Waals surface area contributed by atoms with Crippen LogP contribution in [0.5, 0.6) is 0 Å². The summed E-state index contributed by atoms with van der Waals surface area (Å²) in [5.74, 6) is -3.08. The Labute approximate surface area is 140 Å². The summed E-state index contributed by atoms with van der Waals surface area (Å²) in [7, 11) is 0. The van der Waals surface area contributed by atoms with Gasteiger partial charge < -0.3 is 5.32 Å². The Morgan fingerprint density at radius 1 is 1.08 bits per heavy atom. The molecule has 0 saturated carbocycles. The predicted octanol–water partition coefficient (Wildman–Crippen LogP) is 3.83. The molecule has 1 aromatic heterocycles. The number of hydrogen-bond acceptors (Lipinski definition) is 4. The molecule has 3 aromatic rings. The molecule has 0 spiro atoms. The van der Waals surface area contributed by atoms with Crippen LogP contribution in [0.4, 0.5) is 14.5 Å². The number of hydrogen-bond donors (Lipinski definition) is 1. The van der Waals surface area contributed by atoms with Gasteiger partial charge in [-0.2, -0.15) is 18.7 Å². The Hall–Kier alpha value is -2.74. The lowest BCUT2D eigenvalue weighted by molar-refractivity contribution is 0.102. The number of halogens is 2. The summed E-state index contributed by atoms with van der Waals surface area (Å²) in [4.78, 5) is 13.9. The monoisotopic (exact) mass is 346 g/mol. The van der Waals surface area contributed by atoms with Gasteiger partial charge in [0, 0.05) is 4.90 Å². The van der Waals surface area contributed by atoms with E-state index in [9.17, 15) is 13.6 Å². The minimum absolute atomic E-state index is 0.0932. The second-order valence-electron chi connectivity index (χ2n) is 4.68. The Morgan fingerprint density at radius 3 is 2.54 bits per heavy atom. The van der Waals surface area contributed by atoms with Crippen LogP contribution in [0.1, 0.15) is 10.5 Å². The number of carbonyl (C=O) groups is 1. The van der Waals surface area contributed by atoms with E-state index in [1.54, 1.807) is 30.3 Å². The summed E-state index contributed by atoms with van der Waals surface area (Å²) < 4.78 is 25.2. The summed E-state index contributed by atoms with van der Waals surface area (Å²) in [6.45, 7) is 0. The molecule has 5 nitrogen and oxygen atoms in total. The lowest BCUT2D eigenvalue weighted by Gasteiger charge is -2.09. The first kappa shape index (κ1) is 16.1. The van der Waals surface area contributed by atoms with Gasteiger partial charge >= 0.3 is 0 Å². The van der Waals surface area contributed by atoms with Crippen molar-refractivity contribution in [2.45, 2.75) is 10.7 Å². The third-order valence-electron chi connectivity index (χ3n) is 3.06. The zero-order valence-corrected chi connectivity index (χ0v) is 13.1. The zero-order chi connectivity index (χ0) is 16.9. The first-order valence-electron chi connectivity index (χ1n) is 6.96. The molecule has 0 fully saturated rings. The van der Waals surface area contributed by atoms with Crippen LogP contribution in [0.2, 0.25) is 0 Å². The van der Waals surface area contributed by atoms with Gasteiger partial charge in [-0.3, -0.25) is 4.79 Å². The Balaban J connectivity index is 1.78. The van der Waals surface area contributed by atoms with E-state index in [0.717, 1.165) is 0 Å². The number of para-hydroxylation sites is 2. The summed E-state index contributed by atoms with van der Waals surface area (Å²) in [6, 6.07) is 15.5. The van der Waals surface area contributed by atoms with Gasteiger partial charge in [0.05, 0.1) is 17.6 Å². The van der Waals surface area contributed by atoms with Crippen LogP contribution in [0, 0.1) is 0 Å². The number of anilines is 1. The number of aromatic nitrogens is 3. The van der Waals surface area contributed by atoms with Crippen LogP contribution in [-0.2, 0) is 0 Å². The Bertz CT molecular complexity index is 839. The molecule has 1 N–H and O–H groups in total. The van der Waals surface area contributed by atoms with Crippen molar-refractivity contribution >= 4 is 23.4 Å². The van der Waals surface area contributed by atoms with E-state index in [4.69, 9.17) is 0 Å². The smallest absolute Gasteiger partial charge is 0.288 e. The van der Waals surface area contributed by atoms with E-state index in [2.05, 4.69) is 15.5 Å². The van der Waals surface area contributed by atoms with Crippen molar-refractivity contribution in [2.24, 2.45) is 0 Å². The minimum atomic E-state index is -2.57. The molecular weight excluding hydrogens is 334 g/mol. The second kappa shape index (κ2) is 7.22. The van der Waals surface area contributed by atoms with E-state index >= 15 is 0 Å². The highest BCUT2D eigenvalue weighted by Crippen LogP contribution is 2.31. The van der Waals surface area contributed by atoms with Crippen LogP contribution in [0.25, 0.3) is 5.69 Å². The van der Waals surface area contributed by atoms with Gasteiger partial charge in [0.25, 0.3) is 11.7 Å². The van der Waals surface area contributed by atoms with Gasteiger partial charge in [-0.15, -0.1) is 5.10 Å². The predicted molar refractivity (Wildman–Crippen MR) is 87.6 cm³/mol. The molecule has 2 aromatic carbocycles. The Kier molecular flexibility index (Phi) is 4.85. The lowest BCUT2D eigenvalue weighted by Crippen LogP contribution is -2.14. The summed E-state index contributed by atoms with van der Waals surface area (Å²) in [6.07, 6.45) is 1.32. The van der Waals surface area contributed by atoms with E-state index in [-0.39, 0.29) is 10.6 Å². The number of nitrogens with one attached hydrogen (secondary N) is 1. The minimum Gasteiger partial charge on any atom is -0.319 e. The van der Waals surface area contributed by atoms with E-state index in [0.29, 0.717) is 23.1 Å². The number of rotatable bonds is 5. The van der Waals surface area contributed by atoms with E-state index in [1.165, 1.54) is 17.1 Å². The average Bonchev–Trinajstić information content (AvgIpc) is 3.07. The maximum atomic E-state index is 12.6. The topological polar surface area (TPSA) is 59.8 Å². The van der Waals surface area contributed by atoms with Crippen molar-refractivity contribution in [3.63, 3.8) is 0 Å². The first-order valence-corrected chi connectivity index (χ1v) is 7.84. The standard InChI is InChI=1S/C16H12F2N4OS/c17-16(18)24-14-9-5-4-8-12(14)20-15(23)13-10-19-22(21-13)11-6-2-1-3-7-11/h1-10,16H,(H,20,23). The van der Waals surface area contributed by atoms with Gasteiger partial charge in [0.1, 0.15) is 0 Å². The van der Waals surface area contributed by atoms with Crippen molar-refractivity contribution in [1.82, 2.24) is 15.0 Å². The van der Waals surface area contributed by atoms with Crippen molar-refractivity contribution in [3.05, 3.63) is 66.5 Å². The third kappa shape index (κ3) is 3.77. The number of benzene rings is 2. The average molecular weight is 346 g/mol. The van der Waals surface area contributed by atoms with Crippen LogP contribution in [-0.4, -0.2) is 26.7 Å². The number of carbonyl (C=O) groups excluding carboxylic acids is 1.